The van der Waals surface area contributed by atoms with E-state index in [1.54, 1.807) is 18.3 Å². The first-order valence-electron chi connectivity index (χ1n) is 6.40. The van der Waals surface area contributed by atoms with Crippen LogP contribution >= 0.6 is 11.3 Å². The van der Waals surface area contributed by atoms with Gasteiger partial charge in [0.05, 0.1) is 5.56 Å². The van der Waals surface area contributed by atoms with Crippen LogP contribution in [0.2, 0.25) is 0 Å². The summed E-state index contributed by atoms with van der Waals surface area (Å²) in [6, 6.07) is 4.12. The van der Waals surface area contributed by atoms with Gasteiger partial charge in [0.2, 0.25) is 5.91 Å². The number of amides is 1. The third-order valence-corrected chi connectivity index (χ3v) is 4.57. The molecule has 19 heavy (non-hydrogen) atoms. The largest absolute Gasteiger partial charge is 0.340 e. The second kappa shape index (κ2) is 5.32. The minimum absolute atomic E-state index is 0.0271. The molecule has 2 rings (SSSR count). The molecule has 1 aliphatic rings. The first-order valence-corrected chi connectivity index (χ1v) is 7.28. The third kappa shape index (κ3) is 3.14. The lowest BCUT2D eigenvalue weighted by Gasteiger charge is -2.46. The Kier molecular flexibility index (Phi) is 3.93. The summed E-state index contributed by atoms with van der Waals surface area (Å²) in [5.74, 6) is 0.149. The first kappa shape index (κ1) is 14.0. The Bertz CT molecular complexity index is 515. The molecule has 1 aromatic heterocycles. The lowest BCUT2D eigenvalue weighted by atomic mass is 9.98. The van der Waals surface area contributed by atoms with Crippen molar-refractivity contribution in [3.8, 4) is 6.07 Å². The maximum atomic E-state index is 11.5. The average molecular weight is 277 g/mol. The van der Waals surface area contributed by atoms with E-state index in [1.807, 2.05) is 16.3 Å². The molecule has 1 aromatic rings. The fourth-order valence-electron chi connectivity index (χ4n) is 2.46. The van der Waals surface area contributed by atoms with Gasteiger partial charge in [0.1, 0.15) is 6.07 Å². The maximum absolute atomic E-state index is 11.5. The highest BCUT2D eigenvalue weighted by Gasteiger charge is 2.34. The second-order valence-corrected chi connectivity index (χ2v) is 6.58. The van der Waals surface area contributed by atoms with Crippen LogP contribution in [0.1, 0.15) is 31.2 Å². The highest BCUT2D eigenvalue weighted by atomic mass is 32.1. The summed E-state index contributed by atoms with van der Waals surface area (Å²) < 4.78 is 0. The molecular formula is C14H19N3OS. The van der Waals surface area contributed by atoms with Crippen molar-refractivity contribution in [3.05, 3.63) is 21.9 Å². The predicted octanol–water partition coefficient (Wildman–Crippen LogP) is 2.06. The quantitative estimate of drug-likeness (QED) is 0.831. The number of carbonyl (C=O) groups excluding carboxylic acids is 1. The van der Waals surface area contributed by atoms with Crippen molar-refractivity contribution in [2.75, 3.05) is 19.6 Å². The SMILES string of the molecule is CC(=O)N1CCN(Cc2cc(C#N)cs2)C(C)(C)C1. The molecule has 5 heteroatoms. The number of hydrogen-bond acceptors (Lipinski definition) is 4. The van der Waals surface area contributed by atoms with Crippen LogP contribution in [0.3, 0.4) is 0 Å². The van der Waals surface area contributed by atoms with Gasteiger partial charge in [-0.1, -0.05) is 0 Å². The number of piperazine rings is 1. The Hall–Kier alpha value is -1.38. The minimum Gasteiger partial charge on any atom is -0.340 e. The number of hydrogen-bond donors (Lipinski definition) is 0. The summed E-state index contributed by atoms with van der Waals surface area (Å²) in [4.78, 5) is 17.0. The molecule has 0 spiro atoms. The van der Waals surface area contributed by atoms with E-state index in [-0.39, 0.29) is 11.4 Å². The number of nitriles is 1. The molecule has 1 amide bonds. The normalized spacial score (nSPS) is 19.2. The highest BCUT2D eigenvalue weighted by molar-refractivity contribution is 7.10. The van der Waals surface area contributed by atoms with Crippen molar-refractivity contribution in [1.82, 2.24) is 9.80 Å². The van der Waals surface area contributed by atoms with Crippen LogP contribution in [-0.2, 0) is 11.3 Å². The summed E-state index contributed by atoms with van der Waals surface area (Å²) >= 11 is 1.63. The van der Waals surface area contributed by atoms with E-state index in [2.05, 4.69) is 24.8 Å². The van der Waals surface area contributed by atoms with Crippen molar-refractivity contribution in [1.29, 1.82) is 5.26 Å². The van der Waals surface area contributed by atoms with Crippen LogP contribution in [-0.4, -0.2) is 40.9 Å². The monoisotopic (exact) mass is 277 g/mol. The van der Waals surface area contributed by atoms with E-state index in [4.69, 9.17) is 5.26 Å². The molecule has 0 radical (unpaired) electrons. The van der Waals surface area contributed by atoms with Gasteiger partial charge in [-0.3, -0.25) is 9.69 Å². The van der Waals surface area contributed by atoms with Gasteiger partial charge in [-0.15, -0.1) is 11.3 Å². The fourth-order valence-corrected chi connectivity index (χ4v) is 3.29. The minimum atomic E-state index is -0.0271. The average Bonchev–Trinajstić information content (AvgIpc) is 2.79. The van der Waals surface area contributed by atoms with Crippen molar-refractivity contribution in [2.24, 2.45) is 0 Å². The van der Waals surface area contributed by atoms with Crippen LogP contribution in [0.4, 0.5) is 0 Å². The third-order valence-electron chi connectivity index (χ3n) is 3.65. The van der Waals surface area contributed by atoms with Gasteiger partial charge in [-0.25, -0.2) is 0 Å². The summed E-state index contributed by atoms with van der Waals surface area (Å²) in [5.41, 5.74) is 0.709. The van der Waals surface area contributed by atoms with Crippen LogP contribution in [0.5, 0.6) is 0 Å². The molecule has 0 atom stereocenters. The number of thiophene rings is 1. The molecule has 1 fully saturated rings. The van der Waals surface area contributed by atoms with E-state index in [0.29, 0.717) is 0 Å². The number of rotatable bonds is 2. The second-order valence-electron chi connectivity index (χ2n) is 5.59. The predicted molar refractivity (Wildman–Crippen MR) is 75.8 cm³/mol. The molecule has 0 aromatic carbocycles. The molecule has 1 saturated heterocycles. The van der Waals surface area contributed by atoms with Gasteiger partial charge in [0.15, 0.2) is 0 Å². The van der Waals surface area contributed by atoms with Crippen LogP contribution in [0.25, 0.3) is 0 Å². The Morgan fingerprint density at radius 2 is 2.26 bits per heavy atom. The zero-order valence-corrected chi connectivity index (χ0v) is 12.5. The molecule has 1 aliphatic heterocycles. The van der Waals surface area contributed by atoms with Gasteiger partial charge in [-0.2, -0.15) is 5.26 Å². The Morgan fingerprint density at radius 1 is 1.53 bits per heavy atom. The molecule has 4 nitrogen and oxygen atoms in total. The van der Waals surface area contributed by atoms with Crippen LogP contribution < -0.4 is 0 Å². The molecule has 0 aliphatic carbocycles. The lowest BCUT2D eigenvalue weighted by molar-refractivity contribution is -0.134. The smallest absolute Gasteiger partial charge is 0.219 e. The number of carbonyl (C=O) groups is 1. The maximum Gasteiger partial charge on any atom is 0.219 e. The molecule has 0 N–H and O–H groups in total. The van der Waals surface area contributed by atoms with Crippen LogP contribution in [0, 0.1) is 11.3 Å². The lowest BCUT2D eigenvalue weighted by Crippen LogP contribution is -2.59. The van der Waals surface area contributed by atoms with Gasteiger partial charge in [0, 0.05) is 48.9 Å². The Morgan fingerprint density at radius 3 is 2.79 bits per heavy atom. The van der Waals surface area contributed by atoms with Crippen molar-refractivity contribution in [2.45, 2.75) is 32.9 Å². The molecule has 0 bridgehead atoms. The Balaban J connectivity index is 2.05. The van der Waals surface area contributed by atoms with Gasteiger partial charge in [-0.05, 0) is 19.9 Å². The summed E-state index contributed by atoms with van der Waals surface area (Å²) in [7, 11) is 0. The summed E-state index contributed by atoms with van der Waals surface area (Å²) in [5, 5.41) is 10.8. The number of nitrogens with zero attached hydrogens (tertiary/aromatic N) is 3. The van der Waals surface area contributed by atoms with Gasteiger partial charge < -0.3 is 4.90 Å². The van der Waals surface area contributed by atoms with Crippen molar-refractivity contribution < 1.29 is 4.79 Å². The van der Waals surface area contributed by atoms with E-state index >= 15 is 0 Å². The topological polar surface area (TPSA) is 47.3 Å². The summed E-state index contributed by atoms with van der Waals surface area (Å²) in [6.45, 7) is 9.25. The highest BCUT2D eigenvalue weighted by Crippen LogP contribution is 2.25. The van der Waals surface area contributed by atoms with E-state index in [1.165, 1.54) is 4.88 Å². The molecule has 102 valence electrons. The molecule has 0 unspecified atom stereocenters. The fraction of sp³-hybridized carbons (Fsp3) is 0.571. The van der Waals surface area contributed by atoms with E-state index in [0.717, 1.165) is 31.7 Å². The van der Waals surface area contributed by atoms with Gasteiger partial charge in [0.25, 0.3) is 0 Å². The summed E-state index contributed by atoms with van der Waals surface area (Å²) in [6.07, 6.45) is 0. The van der Waals surface area contributed by atoms with Gasteiger partial charge >= 0.3 is 0 Å². The van der Waals surface area contributed by atoms with Crippen LogP contribution in [0.15, 0.2) is 11.4 Å². The van der Waals surface area contributed by atoms with E-state index < -0.39 is 0 Å². The molecule has 0 saturated carbocycles. The van der Waals surface area contributed by atoms with Crippen molar-refractivity contribution in [3.63, 3.8) is 0 Å². The zero-order chi connectivity index (χ0) is 14.0. The van der Waals surface area contributed by atoms with E-state index in [9.17, 15) is 4.79 Å². The van der Waals surface area contributed by atoms with Crippen molar-refractivity contribution >= 4 is 17.2 Å². The standard InChI is InChI=1S/C14H19N3OS/c1-11(18)16-4-5-17(14(2,3)10-16)8-13-6-12(7-15)9-19-13/h6,9H,4-5,8,10H2,1-3H3. The molecule has 2 heterocycles. The molecular weight excluding hydrogens is 258 g/mol. The Labute approximate surface area is 118 Å². The first-order chi connectivity index (χ1) is 8.92. The zero-order valence-electron chi connectivity index (χ0n) is 11.6.